The summed E-state index contributed by atoms with van der Waals surface area (Å²) in [4.78, 5) is 15.7. The number of carbonyl (C=O) groups is 1. The molecule has 1 aromatic heterocycles. The normalized spacial score (nSPS) is 15.3. The minimum Gasteiger partial charge on any atom is -0.511 e. The van der Waals surface area contributed by atoms with Gasteiger partial charge in [0.05, 0.1) is 5.52 Å². The predicted molar refractivity (Wildman–Crippen MR) is 182 cm³/mol. The number of para-hydroxylation sites is 1. The molecular formula is C41H28F12IrNO2-. The van der Waals surface area contributed by atoms with Gasteiger partial charge in [-0.3, -0.25) is 9.78 Å². The standard InChI is InChI=1S/C32H24N.C9H4F12O2.Ir/c1-2-8-22(9-3-1)31-17-29(28-12-6-7-13-30(28)33-31)23-14-15-26-20-32(21-27(26)16-23)18-24-10-4-5-11-25(24)19-32;10-6(11,12)4(7(13,14)15)2(22)1-3(23)5(8(16,17)18)9(19,20)21;/h1-8,10-17H,18-21H2;1,4-5,22H;/q-1;;/b;2-1-;. The number of benzene rings is 4. The number of pyridine rings is 1. The van der Waals surface area contributed by atoms with Gasteiger partial charge in [0.25, 0.3) is 0 Å². The minimum absolute atomic E-state index is 0. The Hall–Kier alpha value is -4.69. The van der Waals surface area contributed by atoms with Crippen LogP contribution in [-0.2, 0) is 50.6 Å². The smallest absolute Gasteiger partial charge is 0.407 e. The van der Waals surface area contributed by atoms with Crippen molar-refractivity contribution in [1.29, 1.82) is 0 Å². The SMILES string of the molecule is O=C(/C=C(\O)C(C(F)(F)F)C(F)(F)F)C(C(F)(F)F)C(F)(F)F.[Ir].[c-]1ccccc1-c1cc(-c2ccc3c(c2)CC2(Cc4ccccc4C2)C3)c2ccccc2n1. The summed E-state index contributed by atoms with van der Waals surface area (Å²) in [5.74, 6) is -15.9. The molecule has 4 aromatic carbocycles. The Morgan fingerprint density at radius 2 is 1.16 bits per heavy atom. The molecule has 2 aliphatic carbocycles. The van der Waals surface area contributed by atoms with Crippen LogP contribution < -0.4 is 0 Å². The van der Waals surface area contributed by atoms with Crippen molar-refractivity contribution >= 4 is 16.7 Å². The zero-order valence-corrected chi connectivity index (χ0v) is 31.4. The van der Waals surface area contributed by atoms with Crippen molar-refractivity contribution in [2.45, 2.75) is 50.4 Å². The fraction of sp³-hybridized carbons (Fsp3) is 0.268. The van der Waals surface area contributed by atoms with Crippen molar-refractivity contribution in [1.82, 2.24) is 4.98 Å². The summed E-state index contributed by atoms with van der Waals surface area (Å²) in [5, 5.41) is 9.80. The maximum atomic E-state index is 12.1. The summed E-state index contributed by atoms with van der Waals surface area (Å²) < 4.78 is 145. The van der Waals surface area contributed by atoms with Crippen LogP contribution in [0.2, 0.25) is 0 Å². The number of alkyl halides is 12. The van der Waals surface area contributed by atoms with E-state index in [0.717, 1.165) is 16.8 Å². The first-order chi connectivity index (χ1) is 26.1. The molecule has 0 saturated carbocycles. The molecular weight excluding hydrogens is 959 g/mol. The molecule has 0 atom stereocenters. The van der Waals surface area contributed by atoms with Gasteiger partial charge in [0, 0.05) is 31.6 Å². The van der Waals surface area contributed by atoms with Crippen LogP contribution in [0.5, 0.6) is 0 Å². The number of hydrogen-bond acceptors (Lipinski definition) is 3. The molecule has 16 heteroatoms. The first-order valence-corrected chi connectivity index (χ1v) is 16.8. The van der Waals surface area contributed by atoms with Crippen LogP contribution in [0.1, 0.15) is 22.3 Å². The van der Waals surface area contributed by atoms with Crippen LogP contribution in [-0.4, -0.2) is 40.6 Å². The molecule has 1 N–H and O–H groups in total. The number of nitrogens with zero attached hydrogens (tertiary/aromatic N) is 1. The van der Waals surface area contributed by atoms with E-state index in [1.54, 1.807) is 11.1 Å². The van der Waals surface area contributed by atoms with Crippen LogP contribution in [0.15, 0.2) is 109 Å². The minimum atomic E-state index is -6.34. The van der Waals surface area contributed by atoms with Gasteiger partial charge in [0.15, 0.2) is 5.78 Å². The topological polar surface area (TPSA) is 50.2 Å². The van der Waals surface area contributed by atoms with Crippen LogP contribution >= 0.6 is 0 Å². The molecule has 1 spiro atoms. The average molecular weight is 987 g/mol. The van der Waals surface area contributed by atoms with E-state index >= 15 is 0 Å². The molecule has 303 valence electrons. The fourth-order valence-corrected chi connectivity index (χ4v) is 7.47. The quantitative estimate of drug-likeness (QED) is 0.0826. The van der Waals surface area contributed by atoms with Crippen molar-refractivity contribution in [2.24, 2.45) is 17.3 Å². The molecule has 0 bridgehead atoms. The Labute approximate surface area is 330 Å². The van der Waals surface area contributed by atoms with E-state index in [-0.39, 0.29) is 20.1 Å². The molecule has 0 fully saturated rings. The van der Waals surface area contributed by atoms with Gasteiger partial charge in [0.2, 0.25) is 11.8 Å². The second-order valence-electron chi connectivity index (χ2n) is 13.8. The molecule has 5 aromatic rings. The molecule has 1 heterocycles. The van der Waals surface area contributed by atoms with Crippen LogP contribution in [0, 0.1) is 23.3 Å². The third-order valence-corrected chi connectivity index (χ3v) is 9.78. The van der Waals surface area contributed by atoms with Gasteiger partial charge in [-0.25, -0.2) is 0 Å². The van der Waals surface area contributed by atoms with E-state index in [1.807, 2.05) is 12.1 Å². The van der Waals surface area contributed by atoms with Crippen LogP contribution in [0.3, 0.4) is 0 Å². The summed E-state index contributed by atoms with van der Waals surface area (Å²) in [6.07, 6.45) is -21.9. The van der Waals surface area contributed by atoms with Crippen molar-refractivity contribution in [3.05, 3.63) is 137 Å². The summed E-state index contributed by atoms with van der Waals surface area (Å²) in [6, 6.07) is 38.4. The molecule has 0 saturated heterocycles. The molecule has 1 radical (unpaired) electrons. The third-order valence-electron chi connectivity index (χ3n) is 9.78. The number of allylic oxidation sites excluding steroid dienone is 2. The van der Waals surface area contributed by atoms with Crippen molar-refractivity contribution < 1.29 is 82.7 Å². The van der Waals surface area contributed by atoms with Gasteiger partial charge in [-0.05, 0) is 76.2 Å². The van der Waals surface area contributed by atoms with Crippen LogP contribution in [0.4, 0.5) is 52.7 Å². The fourth-order valence-electron chi connectivity index (χ4n) is 7.47. The molecule has 3 nitrogen and oxygen atoms in total. The second-order valence-corrected chi connectivity index (χ2v) is 13.8. The Morgan fingerprint density at radius 3 is 1.70 bits per heavy atom. The number of fused-ring (bicyclic) bond motifs is 3. The predicted octanol–water partition coefficient (Wildman–Crippen LogP) is 11.7. The number of hydrogen-bond donors (Lipinski definition) is 1. The van der Waals surface area contributed by atoms with Gasteiger partial charge in [-0.1, -0.05) is 66.7 Å². The van der Waals surface area contributed by atoms with Crippen molar-refractivity contribution in [2.75, 3.05) is 0 Å². The third kappa shape index (κ3) is 9.55. The van der Waals surface area contributed by atoms with Crippen molar-refractivity contribution in [3.63, 3.8) is 0 Å². The van der Waals surface area contributed by atoms with E-state index in [1.165, 1.54) is 53.3 Å². The van der Waals surface area contributed by atoms with Gasteiger partial charge >= 0.3 is 24.7 Å². The number of halogens is 12. The van der Waals surface area contributed by atoms with E-state index in [0.29, 0.717) is 5.41 Å². The summed E-state index contributed by atoms with van der Waals surface area (Å²) in [5.41, 5.74) is 12.1. The zero-order chi connectivity index (χ0) is 40.8. The number of rotatable bonds is 5. The van der Waals surface area contributed by atoms with Gasteiger partial charge in [-0.2, -0.15) is 52.7 Å². The molecule has 57 heavy (non-hydrogen) atoms. The zero-order valence-electron chi connectivity index (χ0n) is 29.0. The summed E-state index contributed by atoms with van der Waals surface area (Å²) in [6.45, 7) is 0. The van der Waals surface area contributed by atoms with E-state index in [4.69, 9.17) is 10.1 Å². The Kier molecular flexibility index (Phi) is 12.1. The van der Waals surface area contributed by atoms with Gasteiger partial charge in [-0.15, -0.1) is 35.9 Å². The number of aliphatic hydroxyl groups is 1. The number of carbonyl (C=O) groups excluding carboxylic acids is 1. The first kappa shape index (κ1) is 43.4. The maximum absolute atomic E-state index is 12.1. The van der Waals surface area contributed by atoms with Crippen molar-refractivity contribution in [3.8, 4) is 22.4 Å². The number of aliphatic hydroxyl groups excluding tert-OH is 1. The second kappa shape index (κ2) is 15.9. The van der Waals surface area contributed by atoms with Crippen LogP contribution in [0.25, 0.3) is 33.3 Å². The van der Waals surface area contributed by atoms with E-state index in [2.05, 4.69) is 91.0 Å². The Balaban J connectivity index is 0.000000231. The average Bonchev–Trinajstić information content (AvgIpc) is 3.62. The molecule has 7 rings (SSSR count). The Morgan fingerprint density at radius 1 is 0.649 bits per heavy atom. The summed E-state index contributed by atoms with van der Waals surface area (Å²) in [7, 11) is 0. The maximum Gasteiger partial charge on any atom is 0.407 e. The van der Waals surface area contributed by atoms with Gasteiger partial charge in [0.1, 0.15) is 5.76 Å². The van der Waals surface area contributed by atoms with Gasteiger partial charge < -0.3 is 5.11 Å². The molecule has 0 aliphatic heterocycles. The molecule has 0 amide bonds. The van der Waals surface area contributed by atoms with E-state index < -0.39 is 54.2 Å². The molecule has 0 unspecified atom stereocenters. The largest absolute Gasteiger partial charge is 0.511 e. The summed E-state index contributed by atoms with van der Waals surface area (Å²) >= 11 is 0. The first-order valence-electron chi connectivity index (χ1n) is 16.8. The van der Waals surface area contributed by atoms with E-state index in [9.17, 15) is 57.5 Å². The monoisotopic (exact) mass is 987 g/mol. The molecule has 2 aliphatic rings. The number of ketones is 1. The number of aromatic nitrogens is 1. The Bertz CT molecular complexity index is 2230.